The first kappa shape index (κ1) is 28.2. The molecule has 1 saturated heterocycles. The molecular formula is C31H38ClN5O3. The normalized spacial score (nSPS) is 14.5. The molecule has 0 unspecified atom stereocenters. The first-order chi connectivity index (χ1) is 19.6. The fourth-order valence-corrected chi connectivity index (χ4v) is 5.21. The minimum atomic E-state index is 0.113. The van der Waals surface area contributed by atoms with E-state index >= 15 is 0 Å². The Bertz CT molecular complexity index is 1330. The van der Waals surface area contributed by atoms with Crippen LogP contribution in [0.5, 0.6) is 5.75 Å². The fourth-order valence-electron chi connectivity index (χ4n) is 5.09. The van der Waals surface area contributed by atoms with Gasteiger partial charge >= 0.3 is 0 Å². The number of halogens is 1. The molecular weight excluding hydrogens is 526 g/mol. The highest BCUT2D eigenvalue weighted by Crippen LogP contribution is 2.33. The van der Waals surface area contributed by atoms with Crippen LogP contribution in [0.25, 0.3) is 22.1 Å². The van der Waals surface area contributed by atoms with Gasteiger partial charge in [-0.3, -0.25) is 14.4 Å². The lowest BCUT2D eigenvalue weighted by molar-refractivity contribution is -0.122. The second-order valence-electron chi connectivity index (χ2n) is 10.3. The third-order valence-corrected chi connectivity index (χ3v) is 7.62. The number of hydrogen-bond acceptors (Lipinski definition) is 6. The van der Waals surface area contributed by atoms with Crippen molar-refractivity contribution >= 4 is 28.5 Å². The molecule has 0 radical (unpaired) electrons. The number of benzene rings is 2. The zero-order valence-electron chi connectivity index (χ0n) is 22.9. The molecule has 0 spiro atoms. The average Bonchev–Trinajstić information content (AvgIpc) is 3.64. The molecule has 1 amide bonds. The maximum absolute atomic E-state index is 12.3. The third kappa shape index (κ3) is 8.10. The lowest BCUT2D eigenvalue weighted by Crippen LogP contribution is -2.49. The molecule has 212 valence electrons. The SMILES string of the molecule is O=C(CN1CCN(CCCCCOc2ccc3c(-c4ccc(Cl)cc4)coc3c2)CC1)NCCCn1cccn1. The van der Waals surface area contributed by atoms with Crippen molar-refractivity contribution in [3.63, 3.8) is 0 Å². The largest absolute Gasteiger partial charge is 0.493 e. The summed E-state index contributed by atoms with van der Waals surface area (Å²) in [6.45, 7) is 7.71. The molecule has 3 heterocycles. The summed E-state index contributed by atoms with van der Waals surface area (Å²) in [7, 11) is 0. The molecule has 2 aromatic heterocycles. The Morgan fingerprint density at radius 1 is 0.975 bits per heavy atom. The highest BCUT2D eigenvalue weighted by molar-refractivity contribution is 6.30. The van der Waals surface area contributed by atoms with Crippen LogP contribution in [-0.4, -0.2) is 77.9 Å². The number of carbonyl (C=O) groups excluding carboxylic acids is 1. The van der Waals surface area contributed by atoms with Crippen molar-refractivity contribution < 1.29 is 13.9 Å². The molecule has 4 aromatic rings. The molecule has 1 aliphatic rings. The van der Waals surface area contributed by atoms with Crippen LogP contribution in [0, 0.1) is 0 Å². The van der Waals surface area contributed by atoms with Gasteiger partial charge < -0.3 is 19.4 Å². The van der Waals surface area contributed by atoms with Gasteiger partial charge in [-0.2, -0.15) is 5.10 Å². The van der Waals surface area contributed by atoms with Crippen molar-refractivity contribution in [2.24, 2.45) is 0 Å². The number of aryl methyl sites for hydroxylation is 1. The van der Waals surface area contributed by atoms with E-state index in [9.17, 15) is 4.79 Å². The average molecular weight is 564 g/mol. The Balaban J connectivity index is 0.919. The number of ether oxygens (including phenoxy) is 1. The Morgan fingerprint density at radius 3 is 2.60 bits per heavy atom. The maximum Gasteiger partial charge on any atom is 0.234 e. The molecule has 2 aromatic carbocycles. The van der Waals surface area contributed by atoms with Crippen LogP contribution < -0.4 is 10.1 Å². The lowest BCUT2D eigenvalue weighted by atomic mass is 10.0. The van der Waals surface area contributed by atoms with Gasteiger partial charge in [0, 0.05) is 73.7 Å². The molecule has 8 nitrogen and oxygen atoms in total. The summed E-state index contributed by atoms with van der Waals surface area (Å²) in [5.41, 5.74) is 2.96. The van der Waals surface area contributed by atoms with Crippen LogP contribution in [0.3, 0.4) is 0 Å². The number of unbranched alkanes of at least 4 members (excludes halogenated alkanes) is 2. The predicted octanol–water partition coefficient (Wildman–Crippen LogP) is 5.32. The van der Waals surface area contributed by atoms with Crippen LogP contribution in [0.2, 0.25) is 5.02 Å². The van der Waals surface area contributed by atoms with Gasteiger partial charge in [0.05, 0.1) is 19.4 Å². The van der Waals surface area contributed by atoms with Crippen LogP contribution in [0.15, 0.2) is 71.6 Å². The number of nitrogens with zero attached hydrogens (tertiary/aromatic N) is 4. The van der Waals surface area contributed by atoms with Gasteiger partial charge in [0.1, 0.15) is 11.3 Å². The van der Waals surface area contributed by atoms with Gasteiger partial charge in [-0.25, -0.2) is 0 Å². The van der Waals surface area contributed by atoms with Crippen LogP contribution >= 0.6 is 11.6 Å². The minimum Gasteiger partial charge on any atom is -0.493 e. The van der Waals surface area contributed by atoms with Crippen molar-refractivity contribution in [2.75, 3.05) is 52.4 Å². The smallest absolute Gasteiger partial charge is 0.234 e. The first-order valence-electron chi connectivity index (χ1n) is 14.2. The summed E-state index contributed by atoms with van der Waals surface area (Å²) in [5, 5.41) is 9.00. The van der Waals surface area contributed by atoms with E-state index in [0.29, 0.717) is 19.7 Å². The van der Waals surface area contributed by atoms with Crippen molar-refractivity contribution in [2.45, 2.75) is 32.2 Å². The minimum absolute atomic E-state index is 0.113. The van der Waals surface area contributed by atoms with Crippen LogP contribution in [0.1, 0.15) is 25.7 Å². The standard InChI is InChI=1S/C31H38ClN5O3/c32-26-8-6-25(7-9-26)29-24-40-30-22-27(10-11-28(29)30)39-21-3-1-2-14-35-17-19-36(20-18-35)23-31(38)33-12-4-15-37-16-5-13-34-37/h5-11,13,16,22,24H,1-4,12,14-15,17-21,23H2,(H,33,38). The van der Waals surface area contributed by atoms with Gasteiger partial charge in [-0.05, 0) is 68.1 Å². The maximum atomic E-state index is 12.3. The van der Waals surface area contributed by atoms with Gasteiger partial charge in [-0.15, -0.1) is 0 Å². The Labute approximate surface area is 240 Å². The summed E-state index contributed by atoms with van der Waals surface area (Å²) in [6, 6.07) is 15.7. The van der Waals surface area contributed by atoms with E-state index in [1.165, 1.54) is 0 Å². The number of hydrogen-bond donors (Lipinski definition) is 1. The predicted molar refractivity (Wildman–Crippen MR) is 159 cm³/mol. The number of aromatic nitrogens is 2. The number of rotatable bonds is 14. The molecule has 5 rings (SSSR count). The lowest BCUT2D eigenvalue weighted by Gasteiger charge is -2.34. The first-order valence-corrected chi connectivity index (χ1v) is 14.6. The topological polar surface area (TPSA) is 75.8 Å². The molecule has 0 saturated carbocycles. The quantitative estimate of drug-likeness (QED) is 0.209. The van der Waals surface area contributed by atoms with E-state index in [-0.39, 0.29) is 5.91 Å². The van der Waals surface area contributed by atoms with Crippen molar-refractivity contribution in [3.05, 3.63) is 72.2 Å². The highest BCUT2D eigenvalue weighted by atomic mass is 35.5. The molecule has 0 atom stereocenters. The molecule has 1 fully saturated rings. The molecule has 1 N–H and O–H groups in total. The van der Waals surface area contributed by atoms with Gasteiger partial charge in [0.15, 0.2) is 0 Å². The van der Waals surface area contributed by atoms with E-state index in [1.54, 1.807) is 12.5 Å². The number of carbonyl (C=O) groups is 1. The molecule has 40 heavy (non-hydrogen) atoms. The number of nitrogens with one attached hydrogen (secondary N) is 1. The highest BCUT2D eigenvalue weighted by Gasteiger charge is 2.18. The Morgan fingerprint density at radius 2 is 1.80 bits per heavy atom. The second-order valence-corrected chi connectivity index (χ2v) is 10.8. The molecule has 0 bridgehead atoms. The van der Waals surface area contributed by atoms with E-state index in [1.807, 2.05) is 53.3 Å². The van der Waals surface area contributed by atoms with Crippen molar-refractivity contribution in [1.82, 2.24) is 24.9 Å². The number of furan rings is 1. The summed E-state index contributed by atoms with van der Waals surface area (Å²) >= 11 is 6.02. The van der Waals surface area contributed by atoms with E-state index in [0.717, 1.165) is 97.8 Å². The summed E-state index contributed by atoms with van der Waals surface area (Å²) in [4.78, 5) is 17.0. The molecule has 9 heteroatoms. The zero-order valence-corrected chi connectivity index (χ0v) is 23.7. The van der Waals surface area contributed by atoms with Crippen molar-refractivity contribution in [1.29, 1.82) is 0 Å². The van der Waals surface area contributed by atoms with E-state index in [2.05, 4.69) is 26.3 Å². The van der Waals surface area contributed by atoms with Gasteiger partial charge in [-0.1, -0.05) is 23.7 Å². The third-order valence-electron chi connectivity index (χ3n) is 7.37. The van der Waals surface area contributed by atoms with E-state index in [4.69, 9.17) is 20.8 Å². The second kappa shape index (κ2) is 14.3. The molecule has 1 aliphatic heterocycles. The summed E-state index contributed by atoms with van der Waals surface area (Å²) < 4.78 is 13.7. The van der Waals surface area contributed by atoms with Crippen LogP contribution in [-0.2, 0) is 11.3 Å². The summed E-state index contributed by atoms with van der Waals surface area (Å²) in [5.74, 6) is 0.949. The van der Waals surface area contributed by atoms with E-state index < -0.39 is 0 Å². The Hall–Kier alpha value is -3.33. The number of amides is 1. The Kier molecular flexibility index (Phi) is 10.1. The van der Waals surface area contributed by atoms with Gasteiger partial charge in [0.2, 0.25) is 5.91 Å². The number of piperazine rings is 1. The zero-order chi connectivity index (χ0) is 27.6. The molecule has 0 aliphatic carbocycles. The fraction of sp³-hybridized carbons (Fsp3) is 0.419. The number of fused-ring (bicyclic) bond motifs is 1. The van der Waals surface area contributed by atoms with Crippen molar-refractivity contribution in [3.8, 4) is 16.9 Å². The van der Waals surface area contributed by atoms with Crippen LogP contribution in [0.4, 0.5) is 0 Å². The summed E-state index contributed by atoms with van der Waals surface area (Å²) in [6.07, 6.45) is 9.70. The van der Waals surface area contributed by atoms with Gasteiger partial charge in [0.25, 0.3) is 0 Å². The monoisotopic (exact) mass is 563 g/mol.